The predicted molar refractivity (Wildman–Crippen MR) is 73.7 cm³/mol. The van der Waals surface area contributed by atoms with Crippen LogP contribution in [0, 0.1) is 5.92 Å². The fraction of sp³-hybridized carbons (Fsp3) is 0.714. The summed E-state index contributed by atoms with van der Waals surface area (Å²) in [7, 11) is 0. The summed E-state index contributed by atoms with van der Waals surface area (Å²) in [6.07, 6.45) is 1.20. The van der Waals surface area contributed by atoms with Crippen LogP contribution in [0.25, 0.3) is 0 Å². The van der Waals surface area contributed by atoms with Gasteiger partial charge in [-0.2, -0.15) is 0 Å². The first-order chi connectivity index (χ1) is 8.09. The molecule has 1 aromatic rings. The van der Waals surface area contributed by atoms with Crippen LogP contribution in [-0.2, 0) is 10.2 Å². The molecule has 0 spiro atoms. The first kappa shape index (κ1) is 13.1. The van der Waals surface area contributed by atoms with Crippen LogP contribution in [-0.4, -0.2) is 25.8 Å². The fourth-order valence-electron chi connectivity index (χ4n) is 2.28. The summed E-state index contributed by atoms with van der Waals surface area (Å²) in [4.78, 5) is 1.46. The van der Waals surface area contributed by atoms with E-state index in [9.17, 15) is 0 Å². The molecule has 96 valence electrons. The Morgan fingerprint density at radius 1 is 1.59 bits per heavy atom. The summed E-state index contributed by atoms with van der Waals surface area (Å²) in [6.45, 7) is 9.79. The summed E-state index contributed by atoms with van der Waals surface area (Å²) >= 11 is 1.85. The highest BCUT2D eigenvalue weighted by atomic mass is 32.1. The maximum Gasteiger partial charge on any atom is 0.0509 e. The van der Waals surface area contributed by atoms with Crippen molar-refractivity contribution in [1.29, 1.82) is 0 Å². The molecule has 1 aromatic heterocycles. The topological polar surface area (TPSA) is 21.3 Å². The van der Waals surface area contributed by atoms with Gasteiger partial charge in [-0.15, -0.1) is 11.3 Å². The van der Waals surface area contributed by atoms with Crippen LogP contribution >= 0.6 is 11.3 Å². The third-order valence-electron chi connectivity index (χ3n) is 3.73. The molecule has 2 rings (SSSR count). The van der Waals surface area contributed by atoms with Crippen molar-refractivity contribution in [3.8, 4) is 0 Å². The van der Waals surface area contributed by atoms with Gasteiger partial charge in [-0.25, -0.2) is 0 Å². The van der Waals surface area contributed by atoms with Crippen LogP contribution in [0.15, 0.2) is 17.5 Å². The van der Waals surface area contributed by atoms with Gasteiger partial charge in [0.25, 0.3) is 0 Å². The standard InChI is InChI=1S/C14H23NOS/c1-11(12-6-7-16-9-12)15-10-14(2,3)13-5-4-8-17-13/h4-5,8,11-12,15H,6-7,9-10H2,1-3H3. The highest BCUT2D eigenvalue weighted by Crippen LogP contribution is 2.27. The molecule has 0 bridgehead atoms. The predicted octanol–water partition coefficient (Wildman–Crippen LogP) is 3.04. The molecule has 0 amide bonds. The lowest BCUT2D eigenvalue weighted by molar-refractivity contribution is 0.177. The molecule has 1 fully saturated rings. The van der Waals surface area contributed by atoms with Crippen molar-refractivity contribution in [2.24, 2.45) is 5.92 Å². The van der Waals surface area contributed by atoms with Crippen LogP contribution in [0.3, 0.4) is 0 Å². The molecule has 17 heavy (non-hydrogen) atoms. The molecule has 1 N–H and O–H groups in total. The quantitative estimate of drug-likeness (QED) is 0.871. The summed E-state index contributed by atoms with van der Waals surface area (Å²) in [5.74, 6) is 0.689. The molecular weight excluding hydrogens is 230 g/mol. The van der Waals surface area contributed by atoms with Crippen LogP contribution in [0.1, 0.15) is 32.1 Å². The van der Waals surface area contributed by atoms with Crippen molar-refractivity contribution in [2.45, 2.75) is 38.6 Å². The normalized spacial score (nSPS) is 22.9. The largest absolute Gasteiger partial charge is 0.381 e. The second-order valence-corrected chi connectivity index (χ2v) is 6.60. The summed E-state index contributed by atoms with van der Waals surface area (Å²) in [6, 6.07) is 4.92. The van der Waals surface area contributed by atoms with Gasteiger partial charge in [-0.3, -0.25) is 0 Å². The Hall–Kier alpha value is -0.380. The van der Waals surface area contributed by atoms with E-state index in [1.54, 1.807) is 0 Å². The molecule has 2 unspecified atom stereocenters. The van der Waals surface area contributed by atoms with E-state index in [4.69, 9.17) is 4.74 Å². The third kappa shape index (κ3) is 3.30. The van der Waals surface area contributed by atoms with E-state index in [2.05, 4.69) is 43.6 Å². The molecule has 0 aromatic carbocycles. The van der Waals surface area contributed by atoms with E-state index in [1.807, 2.05) is 11.3 Å². The van der Waals surface area contributed by atoms with Crippen molar-refractivity contribution in [1.82, 2.24) is 5.32 Å². The van der Waals surface area contributed by atoms with Crippen molar-refractivity contribution < 1.29 is 4.74 Å². The fourth-order valence-corrected chi connectivity index (χ4v) is 3.13. The highest BCUT2D eigenvalue weighted by Gasteiger charge is 2.26. The van der Waals surface area contributed by atoms with Gasteiger partial charge in [0.1, 0.15) is 0 Å². The van der Waals surface area contributed by atoms with Gasteiger partial charge in [-0.1, -0.05) is 19.9 Å². The van der Waals surface area contributed by atoms with Gasteiger partial charge in [0.2, 0.25) is 0 Å². The monoisotopic (exact) mass is 253 g/mol. The van der Waals surface area contributed by atoms with Crippen LogP contribution in [0.4, 0.5) is 0 Å². The number of rotatable bonds is 5. The molecule has 1 aliphatic rings. The van der Waals surface area contributed by atoms with Crippen molar-refractivity contribution in [3.05, 3.63) is 22.4 Å². The van der Waals surface area contributed by atoms with Gasteiger partial charge >= 0.3 is 0 Å². The average Bonchev–Trinajstić information content (AvgIpc) is 2.97. The zero-order chi connectivity index (χ0) is 12.3. The lowest BCUT2D eigenvalue weighted by atomic mass is 9.90. The maximum absolute atomic E-state index is 5.44. The Labute approximate surface area is 108 Å². The number of hydrogen-bond donors (Lipinski definition) is 1. The van der Waals surface area contributed by atoms with Crippen molar-refractivity contribution >= 4 is 11.3 Å². The molecule has 3 heteroatoms. The summed E-state index contributed by atoms with van der Waals surface area (Å²) in [5, 5.41) is 5.84. The van der Waals surface area contributed by atoms with E-state index in [0.717, 1.165) is 19.8 Å². The van der Waals surface area contributed by atoms with Gasteiger partial charge in [0, 0.05) is 29.5 Å². The number of nitrogens with one attached hydrogen (secondary N) is 1. The molecular formula is C14H23NOS. The molecule has 0 aliphatic carbocycles. The number of hydrogen-bond acceptors (Lipinski definition) is 3. The molecule has 0 saturated carbocycles. The minimum absolute atomic E-state index is 0.224. The first-order valence-corrected chi connectivity index (χ1v) is 7.33. The first-order valence-electron chi connectivity index (χ1n) is 6.45. The van der Waals surface area contributed by atoms with Crippen molar-refractivity contribution in [2.75, 3.05) is 19.8 Å². The SMILES string of the molecule is CC(NCC(C)(C)c1cccs1)C1CCOC1. The average molecular weight is 253 g/mol. The van der Waals surface area contributed by atoms with E-state index < -0.39 is 0 Å². The van der Waals surface area contributed by atoms with Crippen LogP contribution in [0.2, 0.25) is 0 Å². The molecule has 1 aliphatic heterocycles. The van der Waals surface area contributed by atoms with E-state index in [0.29, 0.717) is 12.0 Å². The van der Waals surface area contributed by atoms with Crippen molar-refractivity contribution in [3.63, 3.8) is 0 Å². The number of thiophene rings is 1. The van der Waals surface area contributed by atoms with Crippen LogP contribution < -0.4 is 5.32 Å². The Morgan fingerprint density at radius 3 is 3.00 bits per heavy atom. The zero-order valence-electron chi connectivity index (χ0n) is 11.0. The lowest BCUT2D eigenvalue weighted by Crippen LogP contribution is -2.41. The van der Waals surface area contributed by atoms with Gasteiger partial charge < -0.3 is 10.1 Å². The Balaban J connectivity index is 1.84. The van der Waals surface area contributed by atoms with E-state index in [-0.39, 0.29) is 5.41 Å². The van der Waals surface area contributed by atoms with Gasteiger partial charge in [-0.05, 0) is 30.7 Å². The second kappa shape index (κ2) is 5.51. The zero-order valence-corrected chi connectivity index (χ0v) is 11.8. The second-order valence-electron chi connectivity index (χ2n) is 5.65. The van der Waals surface area contributed by atoms with Gasteiger partial charge in [0.15, 0.2) is 0 Å². The van der Waals surface area contributed by atoms with Gasteiger partial charge in [0.05, 0.1) is 6.61 Å². The molecule has 0 radical (unpaired) electrons. The number of ether oxygens (including phenoxy) is 1. The van der Waals surface area contributed by atoms with E-state index >= 15 is 0 Å². The molecule has 2 heterocycles. The third-order valence-corrected chi connectivity index (χ3v) is 4.96. The Kier molecular flexibility index (Phi) is 4.23. The van der Waals surface area contributed by atoms with E-state index in [1.165, 1.54) is 11.3 Å². The molecule has 2 atom stereocenters. The lowest BCUT2D eigenvalue weighted by Gasteiger charge is -2.28. The minimum Gasteiger partial charge on any atom is -0.381 e. The molecule has 1 saturated heterocycles. The van der Waals surface area contributed by atoms with Crippen LogP contribution in [0.5, 0.6) is 0 Å². The molecule has 2 nitrogen and oxygen atoms in total. The smallest absolute Gasteiger partial charge is 0.0509 e. The summed E-state index contributed by atoms with van der Waals surface area (Å²) < 4.78 is 5.44. The highest BCUT2D eigenvalue weighted by molar-refractivity contribution is 7.10. The summed E-state index contributed by atoms with van der Waals surface area (Å²) in [5.41, 5.74) is 0.224. The maximum atomic E-state index is 5.44. The minimum atomic E-state index is 0.224. The Morgan fingerprint density at radius 2 is 2.41 bits per heavy atom. The Bertz CT molecular complexity index is 328.